The number of nitrogens with zero attached hydrogens (tertiary/aromatic N) is 4. The van der Waals surface area contributed by atoms with Crippen LogP contribution in [0.4, 0.5) is 17.5 Å². The number of anilines is 3. The number of piperidine rings is 1. The molecule has 8 nitrogen and oxygen atoms in total. The van der Waals surface area contributed by atoms with Gasteiger partial charge in [-0.05, 0) is 62.9 Å². The molecule has 2 fully saturated rings. The number of rotatable bonds is 4. The van der Waals surface area contributed by atoms with E-state index in [2.05, 4.69) is 26.2 Å². The first kappa shape index (κ1) is 25.3. The summed E-state index contributed by atoms with van der Waals surface area (Å²) in [5.74, 6) is 2.58. The van der Waals surface area contributed by atoms with Crippen molar-refractivity contribution in [2.45, 2.75) is 32.3 Å². The topological polar surface area (TPSA) is 72.0 Å². The molecule has 1 aromatic carbocycles. The van der Waals surface area contributed by atoms with Crippen molar-refractivity contribution in [3.8, 4) is 5.75 Å². The van der Waals surface area contributed by atoms with Gasteiger partial charge in [0.05, 0.1) is 32.6 Å². The van der Waals surface area contributed by atoms with E-state index in [0.29, 0.717) is 43.3 Å². The van der Waals surface area contributed by atoms with Gasteiger partial charge in [-0.25, -0.2) is 4.98 Å². The van der Waals surface area contributed by atoms with E-state index in [0.717, 1.165) is 61.9 Å². The molecule has 0 saturated carbocycles. The van der Waals surface area contributed by atoms with Gasteiger partial charge in [0.25, 0.3) is 0 Å². The summed E-state index contributed by atoms with van der Waals surface area (Å²) in [7, 11) is 0. The van der Waals surface area contributed by atoms with Gasteiger partial charge in [0.15, 0.2) is 5.82 Å². The van der Waals surface area contributed by atoms with E-state index in [9.17, 15) is 0 Å². The van der Waals surface area contributed by atoms with E-state index in [1.165, 1.54) is 25.9 Å². The van der Waals surface area contributed by atoms with E-state index in [4.69, 9.17) is 30.8 Å². The Labute approximate surface area is 218 Å². The van der Waals surface area contributed by atoms with Crippen molar-refractivity contribution in [3.05, 3.63) is 47.1 Å². The molecule has 2 aromatic rings. The van der Waals surface area contributed by atoms with Gasteiger partial charge in [0, 0.05) is 30.9 Å². The van der Waals surface area contributed by atoms with Gasteiger partial charge in [-0.1, -0.05) is 23.8 Å². The number of hydrogen-bond donors (Lipinski definition) is 1. The van der Waals surface area contributed by atoms with E-state index < -0.39 is 0 Å². The lowest BCUT2D eigenvalue weighted by molar-refractivity contribution is 0.114. The fourth-order valence-electron chi connectivity index (χ4n) is 5.04. The molecule has 3 aliphatic heterocycles. The predicted molar refractivity (Wildman–Crippen MR) is 142 cm³/mol. The summed E-state index contributed by atoms with van der Waals surface area (Å²) in [6.07, 6.45) is 10.5. The van der Waals surface area contributed by atoms with Gasteiger partial charge < -0.3 is 24.4 Å². The summed E-state index contributed by atoms with van der Waals surface area (Å²) >= 11 is 6.53. The molecule has 0 radical (unpaired) electrons. The normalized spacial score (nSPS) is 22.4. The number of hydrogen-bond acceptors (Lipinski definition) is 8. The lowest BCUT2D eigenvalue weighted by Gasteiger charge is -2.33. The fraction of sp³-hybridized carbons (Fsp3) is 0.556. The highest BCUT2D eigenvalue weighted by Gasteiger charge is 2.23. The van der Waals surface area contributed by atoms with Crippen molar-refractivity contribution in [3.63, 3.8) is 0 Å². The lowest BCUT2D eigenvalue weighted by atomic mass is 9.99. The minimum absolute atomic E-state index is 0.447. The number of aromatic nitrogens is 2. The molecule has 5 rings (SSSR count). The summed E-state index contributed by atoms with van der Waals surface area (Å²) in [5.41, 5.74) is 1.87. The molecular weight excluding hydrogens is 478 g/mol. The van der Waals surface area contributed by atoms with Crippen molar-refractivity contribution >= 4 is 29.1 Å². The monoisotopic (exact) mass is 513 g/mol. The third-order valence-corrected chi connectivity index (χ3v) is 7.20. The lowest BCUT2D eigenvalue weighted by Crippen LogP contribution is -2.38. The van der Waals surface area contributed by atoms with Crippen LogP contribution in [-0.2, 0) is 16.1 Å². The van der Waals surface area contributed by atoms with Crippen molar-refractivity contribution in [2.24, 2.45) is 5.92 Å². The number of fused-ring (bicyclic) bond motifs is 7. The van der Waals surface area contributed by atoms with Gasteiger partial charge in [-0.3, -0.25) is 4.90 Å². The highest BCUT2D eigenvalue weighted by molar-refractivity contribution is 6.32. The van der Waals surface area contributed by atoms with E-state index in [1.807, 2.05) is 24.3 Å². The van der Waals surface area contributed by atoms with Crippen LogP contribution < -0.4 is 15.0 Å². The summed E-state index contributed by atoms with van der Waals surface area (Å²) in [6.45, 7) is 8.02. The molecule has 0 spiro atoms. The second-order valence-electron chi connectivity index (χ2n) is 9.69. The number of ether oxygens (including phenoxy) is 3. The molecule has 0 amide bonds. The van der Waals surface area contributed by atoms with Gasteiger partial charge >= 0.3 is 0 Å². The van der Waals surface area contributed by atoms with E-state index >= 15 is 0 Å². The number of nitrogens with one attached hydrogen (secondary N) is 1. The molecule has 4 heterocycles. The second-order valence-corrected chi connectivity index (χ2v) is 10.1. The summed E-state index contributed by atoms with van der Waals surface area (Å²) in [4.78, 5) is 13.9. The van der Waals surface area contributed by atoms with Crippen LogP contribution in [0.5, 0.6) is 5.75 Å². The Hall–Kier alpha value is -2.39. The number of halogens is 1. The number of benzene rings is 1. The quantitative estimate of drug-likeness (QED) is 0.591. The largest absolute Gasteiger partial charge is 0.492 e. The summed E-state index contributed by atoms with van der Waals surface area (Å²) < 4.78 is 18.0. The maximum atomic E-state index is 6.53. The van der Waals surface area contributed by atoms with Crippen LogP contribution in [0.1, 0.15) is 31.2 Å². The molecule has 1 aromatic heterocycles. The number of likely N-dealkylation sites (tertiary alicyclic amines) is 1. The molecule has 0 aliphatic carbocycles. The maximum Gasteiger partial charge on any atom is 0.229 e. The van der Waals surface area contributed by atoms with Gasteiger partial charge in [-0.15, -0.1) is 0 Å². The molecule has 2 saturated heterocycles. The third kappa shape index (κ3) is 6.88. The molecular formula is C27H36ClN5O3. The first-order chi connectivity index (χ1) is 17.7. The Morgan fingerprint density at radius 2 is 1.94 bits per heavy atom. The van der Waals surface area contributed by atoms with Crippen LogP contribution in [0.25, 0.3) is 0 Å². The summed E-state index contributed by atoms with van der Waals surface area (Å²) in [6, 6.07) is 6.05. The van der Waals surface area contributed by atoms with Crippen LogP contribution >= 0.6 is 11.6 Å². The second kappa shape index (κ2) is 12.7. The van der Waals surface area contributed by atoms with Gasteiger partial charge in [-0.2, -0.15) is 4.98 Å². The fourth-order valence-corrected chi connectivity index (χ4v) is 5.25. The molecule has 1 N–H and O–H groups in total. The average Bonchev–Trinajstić information content (AvgIpc) is 3.41. The van der Waals surface area contributed by atoms with Crippen LogP contribution in [0.2, 0.25) is 5.02 Å². The summed E-state index contributed by atoms with van der Waals surface area (Å²) in [5, 5.41) is 3.92. The van der Waals surface area contributed by atoms with Gasteiger partial charge in [0.1, 0.15) is 17.4 Å². The zero-order valence-corrected chi connectivity index (χ0v) is 21.6. The highest BCUT2D eigenvalue weighted by Crippen LogP contribution is 2.30. The van der Waals surface area contributed by atoms with E-state index in [1.54, 1.807) is 6.20 Å². The Bertz CT molecular complexity index is 1030. The van der Waals surface area contributed by atoms with Crippen molar-refractivity contribution in [1.82, 2.24) is 14.9 Å². The minimum Gasteiger partial charge on any atom is -0.492 e. The zero-order valence-electron chi connectivity index (χ0n) is 20.8. The third-order valence-electron chi connectivity index (χ3n) is 6.93. The zero-order chi connectivity index (χ0) is 24.6. The molecule has 3 aliphatic rings. The Morgan fingerprint density at radius 3 is 2.83 bits per heavy atom. The van der Waals surface area contributed by atoms with Crippen molar-refractivity contribution in [2.75, 3.05) is 69.4 Å². The molecule has 9 heteroatoms. The Morgan fingerprint density at radius 1 is 1.08 bits per heavy atom. The highest BCUT2D eigenvalue weighted by atomic mass is 35.5. The van der Waals surface area contributed by atoms with Crippen molar-refractivity contribution < 1.29 is 14.2 Å². The molecule has 6 bridgehead atoms. The molecule has 1 unspecified atom stereocenters. The van der Waals surface area contributed by atoms with Gasteiger partial charge in [0.2, 0.25) is 5.95 Å². The average molecular weight is 514 g/mol. The van der Waals surface area contributed by atoms with E-state index in [-0.39, 0.29) is 0 Å². The van der Waals surface area contributed by atoms with Crippen molar-refractivity contribution in [1.29, 1.82) is 0 Å². The first-order valence-electron chi connectivity index (χ1n) is 13.1. The standard InChI is InChI=1S/C27H36ClN5O3/c28-24-17-29-27-30-23-7-8-25(36-15-12-32-9-1-2-10-32)22(16-23)20-35-14-4-3-13-34-19-21-6-5-11-33(18-21)26(24)31-27/h3-4,7-8,16-17,21H,1-2,5-6,9-15,18-20H2,(H,29,30,31)/b4-3+. The molecule has 36 heavy (non-hydrogen) atoms. The Kier molecular flexibility index (Phi) is 8.93. The maximum absolute atomic E-state index is 6.53. The smallest absolute Gasteiger partial charge is 0.229 e. The van der Waals surface area contributed by atoms with Crippen LogP contribution in [-0.4, -0.2) is 74.0 Å². The minimum atomic E-state index is 0.447. The predicted octanol–water partition coefficient (Wildman–Crippen LogP) is 4.67. The van der Waals surface area contributed by atoms with Crippen LogP contribution in [0, 0.1) is 5.92 Å². The van der Waals surface area contributed by atoms with Crippen LogP contribution in [0.15, 0.2) is 36.5 Å². The molecule has 194 valence electrons. The first-order valence-corrected chi connectivity index (χ1v) is 13.5. The van der Waals surface area contributed by atoms with Crippen LogP contribution in [0.3, 0.4) is 0 Å². The Balaban J connectivity index is 1.35. The molecule has 1 atom stereocenters. The SMILES string of the molecule is Clc1cnc2nc1N1CCCC(COC/C=C/COCc3cc(ccc3OCCN3CCCC3)N2)C1.